The maximum Gasteiger partial charge on any atom is 0.223 e. The Balaban J connectivity index is 1.34. The summed E-state index contributed by atoms with van der Waals surface area (Å²) in [5.74, 6) is 1.82. The number of amides is 1. The van der Waals surface area contributed by atoms with Crippen LogP contribution in [-0.4, -0.2) is 29.0 Å². The summed E-state index contributed by atoms with van der Waals surface area (Å²) in [7, 11) is 0. The van der Waals surface area contributed by atoms with E-state index in [4.69, 9.17) is 4.42 Å². The molecule has 1 aliphatic heterocycles. The molecule has 0 aliphatic carbocycles. The van der Waals surface area contributed by atoms with Crippen LogP contribution in [0.15, 0.2) is 65.5 Å². The first-order chi connectivity index (χ1) is 13.3. The van der Waals surface area contributed by atoms with Crippen LogP contribution in [0.3, 0.4) is 0 Å². The van der Waals surface area contributed by atoms with Crippen molar-refractivity contribution in [2.45, 2.75) is 19.4 Å². The van der Waals surface area contributed by atoms with Crippen LogP contribution in [0.25, 0.3) is 11.3 Å². The van der Waals surface area contributed by atoms with E-state index in [9.17, 15) is 4.79 Å². The lowest BCUT2D eigenvalue weighted by Crippen LogP contribution is -2.40. The maximum atomic E-state index is 12.4. The van der Waals surface area contributed by atoms with E-state index in [1.54, 1.807) is 12.6 Å². The number of hydrogen-bond acceptors (Lipinski definition) is 5. The molecule has 138 valence electrons. The van der Waals surface area contributed by atoms with Crippen LogP contribution in [0.5, 0.6) is 0 Å². The van der Waals surface area contributed by atoms with Crippen molar-refractivity contribution < 1.29 is 9.21 Å². The molecule has 0 radical (unpaired) electrons. The van der Waals surface area contributed by atoms with Crippen molar-refractivity contribution in [3.63, 3.8) is 0 Å². The van der Waals surface area contributed by atoms with Gasteiger partial charge in [-0.1, -0.05) is 30.3 Å². The molecule has 1 aliphatic rings. The molecule has 0 bridgehead atoms. The highest BCUT2D eigenvalue weighted by Gasteiger charge is 2.25. The van der Waals surface area contributed by atoms with Gasteiger partial charge in [-0.2, -0.15) is 0 Å². The number of piperidine rings is 1. The van der Waals surface area contributed by atoms with E-state index >= 15 is 0 Å². The van der Waals surface area contributed by atoms with Crippen molar-refractivity contribution in [3.8, 4) is 11.3 Å². The molecular weight excluding hydrogens is 340 g/mol. The normalized spacial score (nSPS) is 14.9. The molecule has 0 spiro atoms. The van der Waals surface area contributed by atoms with Gasteiger partial charge in [0.2, 0.25) is 5.91 Å². The number of benzene rings is 1. The van der Waals surface area contributed by atoms with Crippen molar-refractivity contribution in [2.75, 3.05) is 18.0 Å². The monoisotopic (exact) mass is 362 g/mol. The molecule has 1 aromatic carbocycles. The van der Waals surface area contributed by atoms with E-state index in [-0.39, 0.29) is 11.8 Å². The van der Waals surface area contributed by atoms with E-state index in [1.165, 1.54) is 0 Å². The minimum absolute atomic E-state index is 0.0339. The molecule has 4 rings (SSSR count). The Bertz CT molecular complexity index is 872. The van der Waals surface area contributed by atoms with Crippen molar-refractivity contribution in [1.29, 1.82) is 0 Å². The van der Waals surface area contributed by atoms with Gasteiger partial charge in [-0.3, -0.25) is 4.79 Å². The van der Waals surface area contributed by atoms with Gasteiger partial charge in [-0.05, 0) is 25.0 Å². The fourth-order valence-corrected chi connectivity index (χ4v) is 3.39. The largest absolute Gasteiger partial charge is 0.467 e. The Morgan fingerprint density at radius 3 is 2.67 bits per heavy atom. The SMILES string of the molecule is O=C(NCc1ccco1)C1CCN(c2cc(-c3ccccc3)ncn2)CC1. The second kappa shape index (κ2) is 8.03. The van der Waals surface area contributed by atoms with Gasteiger partial charge in [0.25, 0.3) is 0 Å². The van der Waals surface area contributed by atoms with Crippen LogP contribution >= 0.6 is 0 Å². The Morgan fingerprint density at radius 1 is 1.11 bits per heavy atom. The van der Waals surface area contributed by atoms with E-state index in [0.717, 1.165) is 48.8 Å². The molecule has 1 fully saturated rings. The van der Waals surface area contributed by atoms with Gasteiger partial charge >= 0.3 is 0 Å². The first-order valence-electron chi connectivity index (χ1n) is 9.22. The number of carbonyl (C=O) groups excluding carboxylic acids is 1. The molecular formula is C21H22N4O2. The molecule has 3 heterocycles. The van der Waals surface area contributed by atoms with Gasteiger partial charge in [0.1, 0.15) is 17.9 Å². The molecule has 3 aromatic rings. The third-order valence-electron chi connectivity index (χ3n) is 4.93. The van der Waals surface area contributed by atoms with Crippen LogP contribution in [0.4, 0.5) is 5.82 Å². The lowest BCUT2D eigenvalue weighted by atomic mass is 9.96. The van der Waals surface area contributed by atoms with Crippen molar-refractivity contribution in [3.05, 3.63) is 66.9 Å². The number of carbonyl (C=O) groups is 1. The Hall–Kier alpha value is -3.15. The number of aromatic nitrogens is 2. The van der Waals surface area contributed by atoms with Crippen molar-refractivity contribution in [1.82, 2.24) is 15.3 Å². The van der Waals surface area contributed by atoms with Gasteiger partial charge in [-0.25, -0.2) is 9.97 Å². The molecule has 0 unspecified atom stereocenters. The average Bonchev–Trinajstić information content (AvgIpc) is 3.27. The fourth-order valence-electron chi connectivity index (χ4n) is 3.39. The van der Waals surface area contributed by atoms with Gasteiger partial charge in [-0.15, -0.1) is 0 Å². The number of nitrogens with one attached hydrogen (secondary N) is 1. The minimum atomic E-state index is 0.0339. The number of nitrogens with zero attached hydrogens (tertiary/aromatic N) is 3. The van der Waals surface area contributed by atoms with E-state index in [1.807, 2.05) is 48.5 Å². The second-order valence-corrected chi connectivity index (χ2v) is 6.69. The fraction of sp³-hybridized carbons (Fsp3) is 0.286. The maximum absolute atomic E-state index is 12.4. The highest BCUT2D eigenvalue weighted by molar-refractivity contribution is 5.79. The summed E-state index contributed by atoms with van der Waals surface area (Å²) in [6.07, 6.45) is 4.86. The number of hydrogen-bond donors (Lipinski definition) is 1. The summed E-state index contributed by atoms with van der Waals surface area (Å²) < 4.78 is 5.26. The number of anilines is 1. The predicted octanol–water partition coefficient (Wildman–Crippen LogP) is 3.27. The highest BCUT2D eigenvalue weighted by Crippen LogP contribution is 2.25. The predicted molar refractivity (Wildman–Crippen MR) is 103 cm³/mol. The van der Waals surface area contributed by atoms with Gasteiger partial charge in [0.15, 0.2) is 0 Å². The molecule has 2 aromatic heterocycles. The van der Waals surface area contributed by atoms with Crippen LogP contribution in [-0.2, 0) is 11.3 Å². The summed E-state index contributed by atoms with van der Waals surface area (Å²) in [6.45, 7) is 2.06. The zero-order chi connectivity index (χ0) is 18.5. The zero-order valence-electron chi connectivity index (χ0n) is 15.0. The first kappa shape index (κ1) is 17.3. The highest BCUT2D eigenvalue weighted by atomic mass is 16.3. The molecule has 1 N–H and O–H groups in total. The molecule has 0 saturated carbocycles. The smallest absolute Gasteiger partial charge is 0.223 e. The van der Waals surface area contributed by atoms with E-state index in [0.29, 0.717) is 6.54 Å². The lowest BCUT2D eigenvalue weighted by Gasteiger charge is -2.32. The minimum Gasteiger partial charge on any atom is -0.467 e. The summed E-state index contributed by atoms with van der Waals surface area (Å²) >= 11 is 0. The summed E-state index contributed by atoms with van der Waals surface area (Å²) in [5.41, 5.74) is 1.99. The summed E-state index contributed by atoms with van der Waals surface area (Å²) in [4.78, 5) is 23.4. The van der Waals surface area contributed by atoms with Gasteiger partial charge in [0, 0.05) is 30.6 Å². The number of furan rings is 1. The summed E-state index contributed by atoms with van der Waals surface area (Å²) in [5, 5.41) is 2.96. The van der Waals surface area contributed by atoms with Crippen LogP contribution in [0.1, 0.15) is 18.6 Å². The molecule has 27 heavy (non-hydrogen) atoms. The average molecular weight is 362 g/mol. The molecule has 1 saturated heterocycles. The quantitative estimate of drug-likeness (QED) is 0.754. The second-order valence-electron chi connectivity index (χ2n) is 6.69. The third kappa shape index (κ3) is 4.16. The van der Waals surface area contributed by atoms with Crippen molar-refractivity contribution in [2.24, 2.45) is 5.92 Å². The molecule has 0 atom stereocenters. The standard InChI is InChI=1S/C21H22N4O2/c26-21(22-14-18-7-4-12-27-18)17-8-10-25(11-9-17)20-13-19(23-15-24-20)16-5-2-1-3-6-16/h1-7,12-13,15,17H,8-11,14H2,(H,22,26). The van der Waals surface area contributed by atoms with Crippen LogP contribution in [0, 0.1) is 5.92 Å². The zero-order valence-corrected chi connectivity index (χ0v) is 15.0. The van der Waals surface area contributed by atoms with Crippen molar-refractivity contribution >= 4 is 11.7 Å². The van der Waals surface area contributed by atoms with Crippen LogP contribution < -0.4 is 10.2 Å². The molecule has 1 amide bonds. The van der Waals surface area contributed by atoms with E-state index in [2.05, 4.69) is 20.2 Å². The lowest BCUT2D eigenvalue weighted by molar-refractivity contribution is -0.125. The molecule has 6 heteroatoms. The summed E-state index contributed by atoms with van der Waals surface area (Å²) in [6, 6.07) is 15.8. The van der Waals surface area contributed by atoms with E-state index < -0.39 is 0 Å². The first-order valence-corrected chi connectivity index (χ1v) is 9.22. The molecule has 6 nitrogen and oxygen atoms in total. The van der Waals surface area contributed by atoms with Gasteiger partial charge in [0.05, 0.1) is 18.5 Å². The topological polar surface area (TPSA) is 71.3 Å². The Morgan fingerprint density at radius 2 is 1.93 bits per heavy atom. The van der Waals surface area contributed by atoms with Crippen LogP contribution in [0.2, 0.25) is 0 Å². The van der Waals surface area contributed by atoms with Gasteiger partial charge < -0.3 is 14.6 Å². The number of rotatable bonds is 5. The Kier molecular flexibility index (Phi) is 5.14. The Labute approximate surface area is 158 Å². The third-order valence-corrected chi connectivity index (χ3v) is 4.93.